The van der Waals surface area contributed by atoms with Gasteiger partial charge in [0.15, 0.2) is 5.78 Å². The lowest BCUT2D eigenvalue weighted by Crippen LogP contribution is -2.05. The van der Waals surface area contributed by atoms with Gasteiger partial charge in [-0.15, -0.1) is 0 Å². The molecule has 1 saturated carbocycles. The molecular formula is C17H21N3O. The van der Waals surface area contributed by atoms with Gasteiger partial charge in [0, 0.05) is 10.5 Å². The minimum absolute atomic E-state index is 0.0643. The molecular weight excluding hydrogens is 262 g/mol. The fraction of sp³-hybridized carbons (Fsp3) is 0.471. The molecule has 4 heteroatoms. The van der Waals surface area contributed by atoms with Crippen molar-refractivity contribution in [2.75, 3.05) is 6.54 Å². The van der Waals surface area contributed by atoms with Gasteiger partial charge in [-0.2, -0.15) is 0 Å². The largest absolute Gasteiger partial charge is 0.295 e. The maximum absolute atomic E-state index is 11.3. The highest BCUT2D eigenvalue weighted by atomic mass is 16.1. The van der Waals surface area contributed by atoms with Gasteiger partial charge in [0.25, 0.3) is 0 Å². The van der Waals surface area contributed by atoms with E-state index in [1.165, 1.54) is 32.1 Å². The Kier molecular flexibility index (Phi) is 5.59. The van der Waals surface area contributed by atoms with Crippen molar-refractivity contribution in [2.24, 2.45) is 11.0 Å². The zero-order valence-corrected chi connectivity index (χ0v) is 12.5. The first kappa shape index (κ1) is 15.3. The highest BCUT2D eigenvalue weighted by Gasteiger charge is 2.12. The van der Waals surface area contributed by atoms with Gasteiger partial charge in [0.1, 0.15) is 0 Å². The molecule has 0 atom stereocenters. The number of allylic oxidation sites excluding steroid dienone is 1. The van der Waals surface area contributed by atoms with Crippen LogP contribution in [0.2, 0.25) is 0 Å². The summed E-state index contributed by atoms with van der Waals surface area (Å²) in [5.41, 5.74) is 11.4. The standard InChI is InChI=1S/C17H21N3O/c1-13(21)15-7-9-16(10-8-15)17(12-19-20-18)11-14-5-3-2-4-6-14/h7-11,14H,2-6,12H2,1H3/b17-11-. The summed E-state index contributed by atoms with van der Waals surface area (Å²) in [5.74, 6) is 0.643. The number of benzene rings is 1. The molecule has 110 valence electrons. The second-order valence-corrected chi connectivity index (χ2v) is 5.61. The van der Waals surface area contributed by atoms with E-state index < -0.39 is 0 Å². The molecule has 1 aliphatic rings. The van der Waals surface area contributed by atoms with Gasteiger partial charge >= 0.3 is 0 Å². The van der Waals surface area contributed by atoms with E-state index in [2.05, 4.69) is 16.1 Å². The van der Waals surface area contributed by atoms with E-state index >= 15 is 0 Å². The van der Waals surface area contributed by atoms with Crippen LogP contribution in [-0.4, -0.2) is 12.3 Å². The van der Waals surface area contributed by atoms with Crippen molar-refractivity contribution >= 4 is 11.4 Å². The second-order valence-electron chi connectivity index (χ2n) is 5.61. The number of ketones is 1. The molecule has 4 nitrogen and oxygen atoms in total. The lowest BCUT2D eigenvalue weighted by Gasteiger charge is -2.19. The number of hydrogen-bond acceptors (Lipinski definition) is 2. The third-order valence-corrected chi connectivity index (χ3v) is 4.05. The number of carbonyl (C=O) groups excluding carboxylic acids is 1. The predicted octanol–water partition coefficient (Wildman–Crippen LogP) is 5.16. The molecule has 0 spiro atoms. The van der Waals surface area contributed by atoms with Crippen LogP contribution in [0.3, 0.4) is 0 Å². The molecule has 21 heavy (non-hydrogen) atoms. The van der Waals surface area contributed by atoms with Crippen LogP contribution in [0.5, 0.6) is 0 Å². The number of rotatable bonds is 5. The lowest BCUT2D eigenvalue weighted by atomic mass is 9.87. The smallest absolute Gasteiger partial charge is 0.159 e. The van der Waals surface area contributed by atoms with Gasteiger partial charge in [-0.25, -0.2) is 0 Å². The first-order chi connectivity index (χ1) is 10.2. The van der Waals surface area contributed by atoms with Crippen LogP contribution in [-0.2, 0) is 0 Å². The average Bonchev–Trinajstić information content (AvgIpc) is 2.52. The monoisotopic (exact) mass is 283 g/mol. The predicted molar refractivity (Wildman–Crippen MR) is 85.0 cm³/mol. The first-order valence-electron chi connectivity index (χ1n) is 7.53. The summed E-state index contributed by atoms with van der Waals surface area (Å²) < 4.78 is 0. The number of hydrogen-bond donors (Lipinski definition) is 0. The third-order valence-electron chi connectivity index (χ3n) is 4.05. The molecule has 1 aromatic rings. The molecule has 0 saturated heterocycles. The van der Waals surface area contributed by atoms with Crippen molar-refractivity contribution in [2.45, 2.75) is 39.0 Å². The topological polar surface area (TPSA) is 65.8 Å². The summed E-state index contributed by atoms with van der Waals surface area (Å²) in [6, 6.07) is 7.56. The van der Waals surface area contributed by atoms with Gasteiger partial charge in [-0.3, -0.25) is 4.79 Å². The summed E-state index contributed by atoms with van der Waals surface area (Å²) >= 11 is 0. The number of azide groups is 1. The van der Waals surface area contributed by atoms with Crippen LogP contribution in [0.4, 0.5) is 0 Å². The Hall–Kier alpha value is -2.06. The molecule has 0 unspecified atom stereocenters. The van der Waals surface area contributed by atoms with Crippen LogP contribution in [0.1, 0.15) is 54.9 Å². The van der Waals surface area contributed by atoms with Gasteiger partial charge in [-0.1, -0.05) is 54.7 Å². The van der Waals surface area contributed by atoms with Crippen LogP contribution >= 0.6 is 0 Å². The Morgan fingerprint density at radius 2 is 1.86 bits per heavy atom. The first-order valence-corrected chi connectivity index (χ1v) is 7.53. The van der Waals surface area contributed by atoms with Gasteiger partial charge in [0.2, 0.25) is 0 Å². The summed E-state index contributed by atoms with van der Waals surface area (Å²) in [7, 11) is 0. The fourth-order valence-electron chi connectivity index (χ4n) is 2.85. The average molecular weight is 283 g/mol. The highest BCUT2D eigenvalue weighted by molar-refractivity contribution is 5.94. The third kappa shape index (κ3) is 4.47. The number of nitrogens with zero attached hydrogens (tertiary/aromatic N) is 3. The normalized spacial score (nSPS) is 16.3. The summed E-state index contributed by atoms with van der Waals surface area (Å²) in [6.07, 6.45) is 8.56. The minimum atomic E-state index is 0.0643. The molecule has 1 fully saturated rings. The molecule has 1 aromatic carbocycles. The Morgan fingerprint density at radius 3 is 2.43 bits per heavy atom. The SMILES string of the molecule is CC(=O)c1ccc(/C(=C\C2CCCCC2)CN=[N+]=[N-])cc1. The number of Topliss-reactive ketones (excluding diaryl/α,β-unsaturated/α-hetero) is 1. The molecule has 0 amide bonds. The molecule has 2 rings (SSSR count). The van der Waals surface area contributed by atoms with Crippen molar-refractivity contribution in [1.29, 1.82) is 0 Å². The summed E-state index contributed by atoms with van der Waals surface area (Å²) in [6.45, 7) is 1.93. The van der Waals surface area contributed by atoms with Crippen molar-refractivity contribution in [1.82, 2.24) is 0 Å². The Morgan fingerprint density at radius 1 is 1.24 bits per heavy atom. The molecule has 0 N–H and O–H groups in total. The summed E-state index contributed by atoms with van der Waals surface area (Å²) in [5, 5.41) is 3.72. The van der Waals surface area contributed by atoms with Crippen molar-refractivity contribution in [3.05, 3.63) is 51.9 Å². The summed E-state index contributed by atoms with van der Waals surface area (Å²) in [4.78, 5) is 14.2. The van der Waals surface area contributed by atoms with Crippen LogP contribution in [0.25, 0.3) is 16.0 Å². The Balaban J connectivity index is 2.23. The van der Waals surface area contributed by atoms with Crippen molar-refractivity contribution < 1.29 is 4.79 Å². The van der Waals surface area contributed by atoms with Crippen molar-refractivity contribution in [3.63, 3.8) is 0 Å². The number of carbonyl (C=O) groups is 1. The van der Waals surface area contributed by atoms with E-state index in [0.29, 0.717) is 18.0 Å². The van der Waals surface area contributed by atoms with E-state index in [9.17, 15) is 4.79 Å². The fourth-order valence-corrected chi connectivity index (χ4v) is 2.85. The zero-order valence-electron chi connectivity index (χ0n) is 12.5. The van der Waals surface area contributed by atoms with E-state index in [4.69, 9.17) is 5.53 Å². The lowest BCUT2D eigenvalue weighted by molar-refractivity contribution is 0.101. The van der Waals surface area contributed by atoms with Gasteiger partial charge in [0.05, 0.1) is 6.54 Å². The molecule has 0 aromatic heterocycles. The minimum Gasteiger partial charge on any atom is -0.295 e. The zero-order chi connectivity index (χ0) is 15.1. The van der Waals surface area contributed by atoms with Crippen LogP contribution in [0.15, 0.2) is 35.5 Å². The second kappa shape index (κ2) is 7.65. The van der Waals surface area contributed by atoms with Crippen LogP contribution in [0, 0.1) is 5.92 Å². The molecule has 0 bridgehead atoms. The Bertz CT molecular complexity index is 562. The quantitative estimate of drug-likeness (QED) is 0.318. The Labute approximate surface area is 125 Å². The molecule has 0 heterocycles. The molecule has 1 aliphatic carbocycles. The van der Waals surface area contributed by atoms with E-state index in [-0.39, 0.29) is 5.78 Å². The molecule has 0 radical (unpaired) electrons. The molecule has 0 aliphatic heterocycles. The highest BCUT2D eigenvalue weighted by Crippen LogP contribution is 2.28. The van der Waals surface area contributed by atoms with E-state index in [0.717, 1.165) is 11.1 Å². The van der Waals surface area contributed by atoms with E-state index in [1.54, 1.807) is 6.92 Å². The van der Waals surface area contributed by atoms with Gasteiger partial charge < -0.3 is 0 Å². The van der Waals surface area contributed by atoms with Crippen LogP contribution < -0.4 is 0 Å². The maximum atomic E-state index is 11.3. The van der Waals surface area contributed by atoms with Crippen molar-refractivity contribution in [3.8, 4) is 0 Å². The van der Waals surface area contributed by atoms with Gasteiger partial charge in [-0.05, 0) is 42.4 Å². The van der Waals surface area contributed by atoms with E-state index in [1.807, 2.05) is 24.3 Å². The maximum Gasteiger partial charge on any atom is 0.159 e.